The van der Waals surface area contributed by atoms with E-state index in [1.807, 2.05) is 49.2 Å². The summed E-state index contributed by atoms with van der Waals surface area (Å²) >= 11 is 0. The Bertz CT molecular complexity index is 3610. The van der Waals surface area contributed by atoms with Crippen molar-refractivity contribution in [1.82, 2.24) is 59.6 Å². The van der Waals surface area contributed by atoms with Crippen molar-refractivity contribution in [1.29, 1.82) is 0 Å². The Morgan fingerprint density at radius 1 is 0.655 bits per heavy atom. The number of nitrogens with zero attached hydrogens (tertiary/aromatic N) is 12. The summed E-state index contributed by atoms with van der Waals surface area (Å²) in [5.41, 5.74) is 18.3. The first-order chi connectivity index (χ1) is 41.2. The molecule has 3 atom stereocenters. The molecule has 0 radical (unpaired) electrons. The highest BCUT2D eigenvalue weighted by molar-refractivity contribution is 5.95. The number of para-hydroxylation sites is 3. The number of hydrogen-bond acceptors (Lipinski definition) is 14. The summed E-state index contributed by atoms with van der Waals surface area (Å²) in [6.07, 6.45) is 26.0. The lowest BCUT2D eigenvalue weighted by Gasteiger charge is -2.35. The first kappa shape index (κ1) is 57.4. The fourth-order valence-corrected chi connectivity index (χ4v) is 12.7. The molecule has 0 saturated heterocycles. The molecule has 2 aromatic carbocycles. The van der Waals surface area contributed by atoms with Crippen molar-refractivity contribution >= 4 is 33.9 Å². The fraction of sp³-hybridized carbons (Fsp3) is 0.373. The van der Waals surface area contributed by atoms with E-state index in [2.05, 4.69) is 134 Å². The molecule has 3 unspecified atom stereocenters. The maximum absolute atomic E-state index is 10.9. The molecule has 0 saturated carbocycles. The predicted molar refractivity (Wildman–Crippen MR) is 331 cm³/mol. The molecule has 9 aromatic rings. The molecule has 8 heterocycles. The zero-order valence-electron chi connectivity index (χ0n) is 48.7. The van der Waals surface area contributed by atoms with E-state index in [0.717, 1.165) is 125 Å². The lowest BCUT2D eigenvalue weighted by Crippen LogP contribution is -2.39. The summed E-state index contributed by atoms with van der Waals surface area (Å²) in [4.78, 5) is 61.6. The number of nitrogens with one attached hydrogen (secondary N) is 3. The van der Waals surface area contributed by atoms with Gasteiger partial charge >= 0.3 is 0 Å². The Kier molecular flexibility index (Phi) is 19.0. The Morgan fingerprint density at radius 3 is 1.88 bits per heavy atom. The molecular weight excluding hydrogens is 1050 g/mol. The van der Waals surface area contributed by atoms with E-state index in [4.69, 9.17) is 29.9 Å². The highest BCUT2D eigenvalue weighted by Gasteiger charge is 2.31. The third kappa shape index (κ3) is 14.3. The third-order valence-electron chi connectivity index (χ3n) is 16.7. The average Bonchev–Trinajstić information content (AvgIpc) is 4.46. The maximum atomic E-state index is 10.9. The molecule has 3 N–H and O–H groups in total. The van der Waals surface area contributed by atoms with E-state index in [1.165, 1.54) is 93.4 Å². The molecule has 84 heavy (non-hydrogen) atoms. The zero-order valence-corrected chi connectivity index (χ0v) is 48.7. The first-order valence-corrected chi connectivity index (χ1v) is 30.1. The van der Waals surface area contributed by atoms with Gasteiger partial charge in [-0.15, -0.1) is 0 Å². The van der Waals surface area contributed by atoms with Gasteiger partial charge in [-0.3, -0.25) is 49.7 Å². The second-order valence-electron chi connectivity index (χ2n) is 22.7. The number of benzene rings is 2. The summed E-state index contributed by atoms with van der Waals surface area (Å²) in [6, 6.07) is 35.7. The summed E-state index contributed by atoms with van der Waals surface area (Å²) in [7, 11) is 0. The van der Waals surface area contributed by atoms with Crippen LogP contribution in [0, 0.1) is 24.0 Å². The van der Waals surface area contributed by atoms with Crippen LogP contribution in [0.15, 0.2) is 152 Å². The predicted octanol–water partition coefficient (Wildman–Crippen LogP) is 12.7. The lowest BCUT2D eigenvalue weighted by atomic mass is 9.90. The standard InChI is InChI=1S/C25H26N6O2.C22H27N5.C20H24N4/c32-31(33)21-10-11-24(28-16-21)26-13-14-30(17-20-15-19-5-1-2-8-22(19)29-20)23-9-3-6-18-7-4-12-27-25(18)23;1-16-11-17(2)20(25-12-16)14-27(10-8-19-13-23-15-26-19)21-7-3-5-18-6-4-9-24-22(18)21;1-2-13-24(14-19-22-16-9-3-4-10-17(16)23-19)18-11-5-7-15-8-6-12-21-20(15)18/h1-2,4-5,7-8,10-12,16,23H,3,6,9,13-15,17H2,(H,26,28);4,6,9,11-13,15,21H,3,5,7-8,10,14H2,1-2H3,(H,23,26);3-4,6,8-10,12,18H,2,5,7,11,13-14H2,1H3,(H,22,23). The number of aromatic amines is 2. The van der Waals surface area contributed by atoms with Gasteiger partial charge < -0.3 is 15.3 Å². The van der Waals surface area contributed by atoms with Crippen LogP contribution in [0.25, 0.3) is 11.0 Å². The second-order valence-corrected chi connectivity index (χ2v) is 22.7. The van der Waals surface area contributed by atoms with Gasteiger partial charge in [0.15, 0.2) is 0 Å². The summed E-state index contributed by atoms with van der Waals surface area (Å²) in [5.74, 6) is 1.68. The normalized spacial score (nSPS) is 16.8. The fourth-order valence-electron chi connectivity index (χ4n) is 12.7. The molecule has 1 aliphatic heterocycles. The van der Waals surface area contributed by atoms with Gasteiger partial charge in [0, 0.05) is 94.0 Å². The molecule has 4 aliphatic rings. The third-order valence-corrected chi connectivity index (χ3v) is 16.7. The Morgan fingerprint density at radius 2 is 1.29 bits per heavy atom. The van der Waals surface area contributed by atoms with E-state index >= 15 is 0 Å². The van der Waals surface area contributed by atoms with Crippen molar-refractivity contribution in [2.45, 2.75) is 129 Å². The molecule has 3 aliphatic carbocycles. The van der Waals surface area contributed by atoms with Gasteiger partial charge in [-0.05, 0) is 160 Å². The lowest BCUT2D eigenvalue weighted by molar-refractivity contribution is -0.385. The van der Waals surface area contributed by atoms with E-state index in [1.54, 1.807) is 12.4 Å². The van der Waals surface area contributed by atoms with Crippen LogP contribution < -0.4 is 5.32 Å². The summed E-state index contributed by atoms with van der Waals surface area (Å²) in [5, 5.41) is 14.2. The molecule has 17 nitrogen and oxygen atoms in total. The molecule has 17 heteroatoms. The van der Waals surface area contributed by atoms with Gasteiger partial charge in [-0.25, -0.2) is 15.0 Å². The number of nitro groups is 1. The molecule has 0 fully saturated rings. The monoisotopic (exact) mass is 1120 g/mol. The van der Waals surface area contributed by atoms with Gasteiger partial charge in [-0.1, -0.05) is 61.5 Å². The number of rotatable bonds is 19. The number of imidazole rings is 2. The number of aromatic nitrogens is 9. The molecule has 0 bridgehead atoms. The minimum absolute atomic E-state index is 0.00845. The van der Waals surface area contributed by atoms with Gasteiger partial charge in [-0.2, -0.15) is 0 Å². The van der Waals surface area contributed by atoms with E-state index in [9.17, 15) is 10.1 Å². The number of hydrogen-bond donors (Lipinski definition) is 3. The Hall–Kier alpha value is -8.38. The Labute approximate surface area is 492 Å². The highest BCUT2D eigenvalue weighted by atomic mass is 16.6. The smallest absolute Gasteiger partial charge is 0.287 e. The van der Waals surface area contributed by atoms with E-state index in [-0.39, 0.29) is 11.7 Å². The number of aliphatic imine (C=N–C) groups is 1. The number of fused-ring (bicyclic) bond motifs is 5. The van der Waals surface area contributed by atoms with Crippen LogP contribution in [0.1, 0.15) is 138 Å². The second kappa shape index (κ2) is 27.8. The van der Waals surface area contributed by atoms with Crippen molar-refractivity contribution < 1.29 is 4.92 Å². The SMILES string of the molecule is CCCN(Cc1nc2ccccc2[nH]1)C1CCCc2cccnc21.Cc1cnc(CN(CCc2cnc[nH]2)C2CCCc3cccnc32)c(C)c1.O=[N+]([O-])c1ccc(NCCN(CC2=Nc3ccccc3C2)C2CCCc3cccnc32)nc1. The van der Waals surface area contributed by atoms with Crippen molar-refractivity contribution in [2.75, 3.05) is 38.0 Å². The number of anilines is 1. The largest absolute Gasteiger partial charge is 0.369 e. The number of pyridine rings is 5. The summed E-state index contributed by atoms with van der Waals surface area (Å²) in [6.45, 7) is 12.5. The van der Waals surface area contributed by atoms with Gasteiger partial charge in [0.25, 0.3) is 5.69 Å². The van der Waals surface area contributed by atoms with Crippen LogP contribution in [-0.2, 0) is 45.2 Å². The zero-order chi connectivity index (χ0) is 57.6. The van der Waals surface area contributed by atoms with Gasteiger partial charge in [0.2, 0.25) is 0 Å². The quantitative estimate of drug-likeness (QED) is 0.0511. The molecule has 0 amide bonds. The minimum atomic E-state index is -0.438. The molecule has 432 valence electrons. The highest BCUT2D eigenvalue weighted by Crippen LogP contribution is 2.37. The molecule has 7 aromatic heterocycles. The maximum Gasteiger partial charge on any atom is 0.287 e. The van der Waals surface area contributed by atoms with Crippen molar-refractivity contribution in [3.63, 3.8) is 0 Å². The molecular formula is C67H77N15O2. The van der Waals surface area contributed by atoms with Crippen LogP contribution >= 0.6 is 0 Å². The molecule has 13 rings (SSSR count). The molecule has 0 spiro atoms. The van der Waals surface area contributed by atoms with Crippen LogP contribution in [0.2, 0.25) is 0 Å². The van der Waals surface area contributed by atoms with Crippen molar-refractivity contribution in [2.24, 2.45) is 4.99 Å². The Balaban J connectivity index is 0.000000133. The topological polar surface area (TPSA) is 199 Å². The van der Waals surface area contributed by atoms with Crippen LogP contribution in [0.3, 0.4) is 0 Å². The average molecular weight is 1120 g/mol. The van der Waals surface area contributed by atoms with Gasteiger partial charge in [0.1, 0.15) is 17.8 Å². The van der Waals surface area contributed by atoms with Crippen LogP contribution in [0.5, 0.6) is 0 Å². The number of H-pyrrole nitrogens is 2. The van der Waals surface area contributed by atoms with Crippen molar-refractivity contribution in [3.05, 3.63) is 224 Å². The number of aryl methyl sites for hydroxylation is 5. The minimum Gasteiger partial charge on any atom is -0.369 e. The van der Waals surface area contributed by atoms with Crippen LogP contribution in [-0.4, -0.2) is 103 Å². The van der Waals surface area contributed by atoms with Crippen LogP contribution in [0.4, 0.5) is 17.2 Å². The van der Waals surface area contributed by atoms with E-state index < -0.39 is 4.92 Å². The first-order valence-electron chi connectivity index (χ1n) is 30.1. The summed E-state index contributed by atoms with van der Waals surface area (Å²) < 4.78 is 0. The van der Waals surface area contributed by atoms with E-state index in [0.29, 0.717) is 24.4 Å². The van der Waals surface area contributed by atoms with Crippen molar-refractivity contribution in [3.8, 4) is 0 Å². The van der Waals surface area contributed by atoms with Gasteiger partial charge in [0.05, 0.1) is 75.4 Å².